The maximum Gasteiger partial charge on any atom is 0.121 e. The average Bonchev–Trinajstić information content (AvgIpc) is 3.73. The molecule has 0 atom stereocenters. The topological polar surface area (TPSA) is 56.7 Å². The molecule has 0 saturated carbocycles. The van der Waals surface area contributed by atoms with Crippen LogP contribution in [0.25, 0.3) is 72.4 Å². The van der Waals surface area contributed by atoms with Crippen molar-refractivity contribution in [2.24, 2.45) is 0 Å². The smallest absolute Gasteiger partial charge is 0.121 e. The van der Waals surface area contributed by atoms with Crippen LogP contribution in [-0.4, -0.2) is 19.5 Å². The number of furan rings is 1. The van der Waals surface area contributed by atoms with Crippen LogP contribution in [0.5, 0.6) is 0 Å². The molecule has 6 heteroatoms. The van der Waals surface area contributed by atoms with Crippen LogP contribution in [0.2, 0.25) is 0 Å². The summed E-state index contributed by atoms with van der Waals surface area (Å²) < 4.78 is 8.66. The fourth-order valence-corrected chi connectivity index (χ4v) is 5.92. The van der Waals surface area contributed by atoms with Crippen molar-refractivity contribution < 1.29 is 24.5 Å². The molecule has 4 heterocycles. The largest absolute Gasteiger partial charge is 0.501 e. The minimum Gasteiger partial charge on any atom is -0.501 e. The number of aromatic nitrogens is 4. The molecule has 0 bridgehead atoms. The number of fused-ring (bicyclic) bond motifs is 4. The van der Waals surface area contributed by atoms with E-state index >= 15 is 0 Å². The van der Waals surface area contributed by atoms with E-state index in [4.69, 9.17) is 9.40 Å². The van der Waals surface area contributed by atoms with E-state index in [1.165, 1.54) is 0 Å². The summed E-state index contributed by atoms with van der Waals surface area (Å²) in [6, 6.07) is 51.3. The maximum absolute atomic E-state index is 6.52. The molecule has 48 heavy (non-hydrogen) atoms. The van der Waals surface area contributed by atoms with Crippen molar-refractivity contribution in [2.45, 2.75) is 6.92 Å². The van der Waals surface area contributed by atoms with E-state index < -0.39 is 0 Å². The fourth-order valence-electron chi connectivity index (χ4n) is 5.92. The van der Waals surface area contributed by atoms with Crippen molar-refractivity contribution in [3.8, 4) is 39.5 Å². The van der Waals surface area contributed by atoms with E-state index in [9.17, 15) is 0 Å². The van der Waals surface area contributed by atoms with E-state index in [-0.39, 0.29) is 20.1 Å². The van der Waals surface area contributed by atoms with Gasteiger partial charge in [-0.25, -0.2) is 0 Å². The first-order valence-electron chi connectivity index (χ1n) is 15.4. The van der Waals surface area contributed by atoms with Gasteiger partial charge in [0.05, 0.1) is 28.6 Å². The average molecular weight is 797 g/mol. The van der Waals surface area contributed by atoms with Gasteiger partial charge in [0.15, 0.2) is 0 Å². The third-order valence-electron chi connectivity index (χ3n) is 8.18. The molecule has 0 N–H and O–H groups in total. The predicted octanol–water partition coefficient (Wildman–Crippen LogP) is 10.3. The fraction of sp³-hybridized carbons (Fsp3) is 0.0238. The normalized spacial score (nSPS) is 10.9. The van der Waals surface area contributed by atoms with Crippen LogP contribution in [0.3, 0.4) is 0 Å². The zero-order valence-corrected chi connectivity index (χ0v) is 28.4. The molecule has 0 aliphatic rings. The number of para-hydroxylation sites is 1. The summed E-state index contributed by atoms with van der Waals surface area (Å²) >= 11 is 0. The number of nitrogens with zero attached hydrogens (tertiary/aromatic N) is 4. The van der Waals surface area contributed by atoms with Gasteiger partial charge in [-0.15, -0.1) is 54.1 Å². The first-order valence-corrected chi connectivity index (χ1v) is 15.4. The first kappa shape index (κ1) is 30.9. The summed E-state index contributed by atoms with van der Waals surface area (Å²) in [4.78, 5) is 13.7. The van der Waals surface area contributed by atoms with Crippen LogP contribution in [0.15, 0.2) is 156 Å². The van der Waals surface area contributed by atoms with Crippen molar-refractivity contribution >= 4 is 33.0 Å². The molecule has 1 radical (unpaired) electrons. The molecule has 0 aliphatic carbocycles. The number of pyridine rings is 2. The Hall–Kier alpha value is -5.68. The van der Waals surface area contributed by atoms with Crippen LogP contribution in [-0.2, 0) is 20.1 Å². The van der Waals surface area contributed by atoms with E-state index in [1.807, 2.05) is 92.1 Å². The summed E-state index contributed by atoms with van der Waals surface area (Å²) in [6.45, 7) is 2.04. The molecule has 4 aromatic heterocycles. The van der Waals surface area contributed by atoms with E-state index in [2.05, 4.69) is 87.3 Å². The zero-order chi connectivity index (χ0) is 31.6. The minimum atomic E-state index is 0. The van der Waals surface area contributed by atoms with Gasteiger partial charge in [0.25, 0.3) is 0 Å². The number of imidazole rings is 1. The Kier molecular flexibility index (Phi) is 8.76. The molecule has 9 aromatic rings. The van der Waals surface area contributed by atoms with Gasteiger partial charge >= 0.3 is 0 Å². The summed E-state index contributed by atoms with van der Waals surface area (Å²) in [6.07, 6.45) is 5.51. The van der Waals surface area contributed by atoms with Gasteiger partial charge in [0.2, 0.25) is 0 Å². The Morgan fingerprint density at radius 1 is 0.688 bits per heavy atom. The molecule has 0 amide bonds. The van der Waals surface area contributed by atoms with Gasteiger partial charge in [-0.2, -0.15) is 0 Å². The molecule has 5 aromatic carbocycles. The van der Waals surface area contributed by atoms with Gasteiger partial charge < -0.3 is 14.0 Å². The second kappa shape index (κ2) is 13.6. The van der Waals surface area contributed by atoms with E-state index in [0.29, 0.717) is 0 Å². The van der Waals surface area contributed by atoms with Crippen LogP contribution < -0.4 is 0 Å². The Morgan fingerprint density at radius 3 is 2.25 bits per heavy atom. The molecule has 0 fully saturated rings. The van der Waals surface area contributed by atoms with Crippen molar-refractivity contribution in [1.29, 1.82) is 0 Å². The van der Waals surface area contributed by atoms with Gasteiger partial charge in [-0.05, 0) is 53.6 Å². The van der Waals surface area contributed by atoms with E-state index in [0.717, 1.165) is 78.0 Å². The Labute approximate surface area is 291 Å². The molecule has 0 unspecified atom stereocenters. The molecule has 9 rings (SSSR count). The quantitative estimate of drug-likeness (QED) is 0.167. The molecule has 0 saturated heterocycles. The van der Waals surface area contributed by atoms with Crippen LogP contribution in [0.4, 0.5) is 0 Å². The van der Waals surface area contributed by atoms with Gasteiger partial charge in [-0.3, -0.25) is 9.97 Å². The predicted molar refractivity (Wildman–Crippen MR) is 189 cm³/mol. The molecule has 5 nitrogen and oxygen atoms in total. The SMILES string of the molecule is Cc1cncc2c1nc(-c1[c-]ccc3c1oc1cc(-c4ccccc4)ccc13)n2-c1ccccc1.[Ir].[c-]1ccccc1-c1ccccn1. The number of rotatable bonds is 4. The van der Waals surface area contributed by atoms with Crippen molar-refractivity contribution in [2.75, 3.05) is 0 Å². The van der Waals surface area contributed by atoms with Crippen molar-refractivity contribution in [3.05, 3.63) is 170 Å². The third kappa shape index (κ3) is 5.84. The number of hydrogen-bond acceptors (Lipinski definition) is 4. The third-order valence-corrected chi connectivity index (χ3v) is 8.18. The molecular weight excluding hydrogens is 769 g/mol. The first-order chi connectivity index (χ1) is 23.2. The van der Waals surface area contributed by atoms with Crippen LogP contribution >= 0.6 is 0 Å². The van der Waals surface area contributed by atoms with Crippen molar-refractivity contribution in [1.82, 2.24) is 19.5 Å². The van der Waals surface area contributed by atoms with Gasteiger partial charge in [0.1, 0.15) is 5.58 Å². The number of hydrogen-bond donors (Lipinski definition) is 0. The number of benzene rings is 5. The van der Waals surface area contributed by atoms with E-state index in [1.54, 1.807) is 6.20 Å². The number of aryl methyl sites for hydroxylation is 1. The Balaban J connectivity index is 0.000000237. The molecule has 0 spiro atoms. The molecular formula is C42H28IrN4O-2. The summed E-state index contributed by atoms with van der Waals surface area (Å²) in [7, 11) is 0. The summed E-state index contributed by atoms with van der Waals surface area (Å²) in [5.74, 6) is 0.787. The molecule has 0 aliphatic heterocycles. The minimum absolute atomic E-state index is 0. The Bertz CT molecular complexity index is 2420. The van der Waals surface area contributed by atoms with Gasteiger partial charge in [-0.1, -0.05) is 83.7 Å². The van der Waals surface area contributed by atoms with Crippen LogP contribution in [0.1, 0.15) is 5.56 Å². The summed E-state index contributed by atoms with van der Waals surface area (Å²) in [5, 5.41) is 2.13. The van der Waals surface area contributed by atoms with Crippen LogP contribution in [0, 0.1) is 19.1 Å². The van der Waals surface area contributed by atoms with Crippen molar-refractivity contribution in [3.63, 3.8) is 0 Å². The monoisotopic (exact) mass is 797 g/mol. The standard InChI is InChI=1S/C31H20N3O.C11H8N.Ir/c1-20-18-32-19-27-29(20)33-31(34(27)23-11-6-3-7-12-23)26-14-8-13-25-24-16-15-22(17-28(24)35-30(25)26)21-9-4-2-5-10-21;1-2-6-10(7-3-1)11-8-4-5-9-12-11;/h2-13,15-19H,1H3;1-6,8-9H;/q2*-1;. The summed E-state index contributed by atoms with van der Waals surface area (Å²) in [5.41, 5.74) is 10.7. The Morgan fingerprint density at radius 2 is 1.48 bits per heavy atom. The molecule has 233 valence electrons. The second-order valence-electron chi connectivity index (χ2n) is 11.2. The second-order valence-corrected chi connectivity index (χ2v) is 11.2. The zero-order valence-electron chi connectivity index (χ0n) is 26.0. The van der Waals surface area contributed by atoms with Gasteiger partial charge in [0, 0.05) is 43.6 Å². The maximum atomic E-state index is 6.52.